The Morgan fingerprint density at radius 2 is 2.00 bits per heavy atom. The summed E-state index contributed by atoms with van der Waals surface area (Å²) in [7, 11) is 0. The minimum absolute atomic E-state index is 0.0183. The smallest absolute Gasteiger partial charge is 0.324 e. The van der Waals surface area contributed by atoms with Crippen LogP contribution in [-0.4, -0.2) is 17.4 Å². The first-order chi connectivity index (χ1) is 10.1. The number of carbonyl (C=O) groups is 1. The van der Waals surface area contributed by atoms with Gasteiger partial charge in [0.1, 0.15) is 0 Å². The van der Waals surface area contributed by atoms with Crippen LogP contribution < -0.4 is 5.32 Å². The second kappa shape index (κ2) is 6.99. The maximum atomic E-state index is 12.0. The van der Waals surface area contributed by atoms with E-state index in [1.54, 1.807) is 0 Å². The van der Waals surface area contributed by atoms with Crippen LogP contribution in [0.15, 0.2) is 42.5 Å². The van der Waals surface area contributed by atoms with Crippen LogP contribution in [0, 0.1) is 10.1 Å². The van der Waals surface area contributed by atoms with E-state index in [2.05, 4.69) is 12.2 Å². The molecule has 1 N–H and O–H groups in total. The molecule has 21 heavy (non-hydrogen) atoms. The van der Waals surface area contributed by atoms with Crippen LogP contribution >= 0.6 is 11.3 Å². The van der Waals surface area contributed by atoms with Gasteiger partial charge < -0.3 is 5.32 Å². The number of amides is 1. The Bertz CT molecular complexity index is 625. The number of rotatable bonds is 6. The molecule has 0 bridgehead atoms. The van der Waals surface area contributed by atoms with Crippen LogP contribution in [0.4, 0.5) is 5.00 Å². The van der Waals surface area contributed by atoms with Gasteiger partial charge in [-0.3, -0.25) is 14.9 Å². The molecule has 1 aromatic heterocycles. The lowest BCUT2D eigenvalue weighted by atomic mass is 9.96. The van der Waals surface area contributed by atoms with Gasteiger partial charge in [0.2, 0.25) is 0 Å². The monoisotopic (exact) mass is 304 g/mol. The van der Waals surface area contributed by atoms with Crippen LogP contribution in [0.5, 0.6) is 0 Å². The van der Waals surface area contributed by atoms with E-state index in [4.69, 9.17) is 0 Å². The summed E-state index contributed by atoms with van der Waals surface area (Å²) in [5.74, 6) is -0.0208. The molecule has 1 heterocycles. The highest BCUT2D eigenvalue weighted by molar-refractivity contribution is 7.17. The highest BCUT2D eigenvalue weighted by atomic mass is 32.1. The van der Waals surface area contributed by atoms with Gasteiger partial charge in [0, 0.05) is 18.5 Å². The number of benzene rings is 1. The number of thiophene rings is 1. The largest absolute Gasteiger partial charge is 0.351 e. The van der Waals surface area contributed by atoms with E-state index in [0.29, 0.717) is 11.4 Å². The molecule has 0 radical (unpaired) electrons. The average Bonchev–Trinajstić information content (AvgIpc) is 2.99. The van der Waals surface area contributed by atoms with Crippen molar-refractivity contribution in [2.24, 2.45) is 0 Å². The standard InChI is InChI=1S/C15H16N2O3S/c1-2-11(12-6-4-3-5-7-12)10-16-15(18)13-8-9-14(21-13)17(19)20/h3-9,11H,2,10H2,1H3,(H,16,18). The Labute approximate surface area is 126 Å². The molecule has 0 saturated heterocycles. The maximum absolute atomic E-state index is 12.0. The lowest BCUT2D eigenvalue weighted by molar-refractivity contribution is -0.380. The van der Waals surface area contributed by atoms with E-state index >= 15 is 0 Å². The molecule has 2 aromatic rings. The van der Waals surface area contributed by atoms with E-state index in [9.17, 15) is 14.9 Å². The average molecular weight is 304 g/mol. The highest BCUT2D eigenvalue weighted by Crippen LogP contribution is 2.24. The molecule has 1 amide bonds. The molecule has 1 unspecified atom stereocenters. The minimum atomic E-state index is -0.486. The number of nitro groups is 1. The Hall–Kier alpha value is -2.21. The van der Waals surface area contributed by atoms with Crippen molar-refractivity contribution in [3.8, 4) is 0 Å². The van der Waals surface area contributed by atoms with Crippen molar-refractivity contribution in [2.75, 3.05) is 6.54 Å². The zero-order chi connectivity index (χ0) is 15.2. The molecule has 1 aromatic carbocycles. The number of nitrogens with one attached hydrogen (secondary N) is 1. The van der Waals surface area contributed by atoms with Gasteiger partial charge >= 0.3 is 5.00 Å². The zero-order valence-electron chi connectivity index (χ0n) is 11.6. The highest BCUT2D eigenvalue weighted by Gasteiger charge is 2.16. The lowest BCUT2D eigenvalue weighted by Gasteiger charge is -2.15. The van der Waals surface area contributed by atoms with Gasteiger partial charge in [-0.05, 0) is 18.1 Å². The quantitative estimate of drug-likeness (QED) is 0.655. The third kappa shape index (κ3) is 3.88. The van der Waals surface area contributed by atoms with Crippen molar-refractivity contribution in [1.82, 2.24) is 5.32 Å². The summed E-state index contributed by atoms with van der Waals surface area (Å²) in [5.41, 5.74) is 1.18. The van der Waals surface area contributed by atoms with Crippen molar-refractivity contribution >= 4 is 22.2 Å². The molecule has 0 saturated carbocycles. The SMILES string of the molecule is CCC(CNC(=O)c1ccc([N+](=O)[O-])s1)c1ccccc1. The Kier molecular flexibility index (Phi) is 5.05. The third-order valence-corrected chi connectivity index (χ3v) is 4.30. The molecular formula is C15H16N2O3S. The fourth-order valence-corrected chi connectivity index (χ4v) is 2.81. The van der Waals surface area contributed by atoms with Gasteiger partial charge in [0.05, 0.1) is 9.80 Å². The first-order valence-electron chi connectivity index (χ1n) is 6.69. The van der Waals surface area contributed by atoms with Crippen LogP contribution in [0.3, 0.4) is 0 Å². The molecule has 5 nitrogen and oxygen atoms in total. The predicted molar refractivity (Wildman–Crippen MR) is 82.8 cm³/mol. The summed E-state index contributed by atoms with van der Waals surface area (Å²) in [6.45, 7) is 2.59. The van der Waals surface area contributed by atoms with Gasteiger partial charge in [-0.1, -0.05) is 48.6 Å². The Balaban J connectivity index is 1.97. The van der Waals surface area contributed by atoms with Crippen LogP contribution in [0.2, 0.25) is 0 Å². The van der Waals surface area contributed by atoms with E-state index in [1.807, 2.05) is 30.3 Å². The van der Waals surface area contributed by atoms with Crippen molar-refractivity contribution in [3.05, 3.63) is 63.0 Å². The lowest BCUT2D eigenvalue weighted by Crippen LogP contribution is -2.27. The van der Waals surface area contributed by atoms with Crippen molar-refractivity contribution < 1.29 is 9.72 Å². The first kappa shape index (κ1) is 15.2. The Morgan fingerprint density at radius 1 is 1.29 bits per heavy atom. The van der Waals surface area contributed by atoms with Gasteiger partial charge in [-0.2, -0.15) is 0 Å². The number of carbonyl (C=O) groups excluding carboxylic acids is 1. The third-order valence-electron chi connectivity index (χ3n) is 3.27. The Morgan fingerprint density at radius 3 is 2.57 bits per heavy atom. The molecular weight excluding hydrogens is 288 g/mol. The molecule has 1 atom stereocenters. The van der Waals surface area contributed by atoms with Crippen molar-refractivity contribution in [2.45, 2.75) is 19.3 Å². The van der Waals surface area contributed by atoms with Gasteiger partial charge in [0.15, 0.2) is 0 Å². The van der Waals surface area contributed by atoms with E-state index in [1.165, 1.54) is 17.7 Å². The van der Waals surface area contributed by atoms with Gasteiger partial charge in [-0.25, -0.2) is 0 Å². The number of nitrogens with zero attached hydrogens (tertiary/aromatic N) is 1. The molecule has 2 rings (SSSR count). The van der Waals surface area contributed by atoms with Crippen molar-refractivity contribution in [3.63, 3.8) is 0 Å². The summed E-state index contributed by atoms with van der Waals surface area (Å²) in [6, 6.07) is 12.8. The minimum Gasteiger partial charge on any atom is -0.351 e. The van der Waals surface area contributed by atoms with Gasteiger partial charge in [0.25, 0.3) is 5.91 Å². The zero-order valence-corrected chi connectivity index (χ0v) is 12.4. The second-order valence-corrected chi connectivity index (χ2v) is 5.68. The molecule has 0 aliphatic carbocycles. The number of hydrogen-bond donors (Lipinski definition) is 1. The van der Waals surface area contributed by atoms with E-state index < -0.39 is 4.92 Å². The maximum Gasteiger partial charge on any atom is 0.324 e. The van der Waals surface area contributed by atoms with E-state index in [-0.39, 0.29) is 16.8 Å². The predicted octanol–water partition coefficient (Wildman–Crippen LogP) is 3.58. The summed E-state index contributed by atoms with van der Waals surface area (Å²) in [6.07, 6.45) is 0.912. The van der Waals surface area contributed by atoms with Crippen LogP contribution in [0.1, 0.15) is 34.5 Å². The van der Waals surface area contributed by atoms with E-state index in [0.717, 1.165) is 17.8 Å². The summed E-state index contributed by atoms with van der Waals surface area (Å²) in [4.78, 5) is 22.5. The molecule has 0 spiro atoms. The molecule has 6 heteroatoms. The van der Waals surface area contributed by atoms with Crippen LogP contribution in [-0.2, 0) is 0 Å². The normalized spacial score (nSPS) is 11.9. The van der Waals surface area contributed by atoms with Crippen LogP contribution in [0.25, 0.3) is 0 Å². The first-order valence-corrected chi connectivity index (χ1v) is 7.50. The van der Waals surface area contributed by atoms with Crippen molar-refractivity contribution in [1.29, 1.82) is 0 Å². The molecule has 0 aliphatic rings. The molecule has 110 valence electrons. The van der Waals surface area contributed by atoms with Gasteiger partial charge in [-0.15, -0.1) is 0 Å². The molecule has 0 fully saturated rings. The second-order valence-electron chi connectivity index (χ2n) is 4.62. The summed E-state index contributed by atoms with van der Waals surface area (Å²) < 4.78 is 0. The summed E-state index contributed by atoms with van der Waals surface area (Å²) >= 11 is 0.893. The topological polar surface area (TPSA) is 72.2 Å². The molecule has 0 aliphatic heterocycles. The fourth-order valence-electron chi connectivity index (χ4n) is 2.07. The number of hydrogen-bond acceptors (Lipinski definition) is 4. The summed E-state index contributed by atoms with van der Waals surface area (Å²) in [5, 5.41) is 13.4. The fraction of sp³-hybridized carbons (Fsp3) is 0.267.